The van der Waals surface area contributed by atoms with E-state index in [0.29, 0.717) is 17.7 Å². The smallest absolute Gasteiger partial charge is 0.433 e. The van der Waals surface area contributed by atoms with Gasteiger partial charge in [0.15, 0.2) is 0 Å². The molecule has 32 heavy (non-hydrogen) atoms. The van der Waals surface area contributed by atoms with E-state index < -0.39 is 11.9 Å². The number of para-hydroxylation sites is 1. The molecule has 2 aromatic heterocycles. The monoisotopic (exact) mass is 445 g/mol. The van der Waals surface area contributed by atoms with Gasteiger partial charge in [-0.2, -0.15) is 13.2 Å². The van der Waals surface area contributed by atoms with E-state index in [1.807, 2.05) is 18.2 Å². The molecule has 1 fully saturated rings. The summed E-state index contributed by atoms with van der Waals surface area (Å²) in [6, 6.07) is 12.0. The summed E-state index contributed by atoms with van der Waals surface area (Å²) in [4.78, 5) is 12.8. The van der Waals surface area contributed by atoms with Crippen molar-refractivity contribution in [3.8, 4) is 5.75 Å². The van der Waals surface area contributed by atoms with Crippen LogP contribution < -0.4 is 10.1 Å². The van der Waals surface area contributed by atoms with Gasteiger partial charge in [-0.25, -0.2) is 9.97 Å². The summed E-state index contributed by atoms with van der Waals surface area (Å²) in [6.07, 6.45) is -2.98. The second kappa shape index (κ2) is 9.70. The van der Waals surface area contributed by atoms with E-state index in [1.54, 1.807) is 7.11 Å². The minimum Gasteiger partial charge on any atom is -0.496 e. The highest BCUT2D eigenvalue weighted by Gasteiger charge is 2.32. The number of hydrogen-bond donors (Lipinski definition) is 1. The molecule has 0 amide bonds. The van der Waals surface area contributed by atoms with Gasteiger partial charge in [0.25, 0.3) is 0 Å². The summed E-state index contributed by atoms with van der Waals surface area (Å²) in [5.74, 6) is 1.47. The van der Waals surface area contributed by atoms with Crippen molar-refractivity contribution in [1.82, 2.24) is 19.8 Å². The normalized spacial score (nSPS) is 15.8. The van der Waals surface area contributed by atoms with E-state index in [4.69, 9.17) is 4.74 Å². The third-order valence-electron chi connectivity index (χ3n) is 5.68. The largest absolute Gasteiger partial charge is 0.496 e. The summed E-state index contributed by atoms with van der Waals surface area (Å²) in [5.41, 5.74) is 0.574. The number of nitrogens with zero attached hydrogens (tertiary/aromatic N) is 4. The summed E-state index contributed by atoms with van der Waals surface area (Å²) in [7, 11) is 1.69. The number of benzene rings is 1. The molecule has 4 rings (SSSR count). The Morgan fingerprint density at radius 2 is 1.75 bits per heavy atom. The first-order chi connectivity index (χ1) is 15.4. The summed E-state index contributed by atoms with van der Waals surface area (Å²) < 4.78 is 44.2. The molecular formula is C23H26F3N5O. The van der Waals surface area contributed by atoms with Crippen LogP contribution in [0.1, 0.15) is 11.3 Å². The fourth-order valence-electron chi connectivity index (χ4n) is 3.93. The molecule has 6 nitrogen and oxygen atoms in total. The predicted molar refractivity (Wildman–Crippen MR) is 118 cm³/mol. The number of piperazine rings is 1. The van der Waals surface area contributed by atoms with Gasteiger partial charge >= 0.3 is 6.18 Å². The molecule has 3 aromatic rings. The Hall–Kier alpha value is -2.91. The van der Waals surface area contributed by atoms with Crippen molar-refractivity contribution in [2.75, 3.05) is 51.7 Å². The highest BCUT2D eigenvalue weighted by Crippen LogP contribution is 2.30. The quantitative estimate of drug-likeness (QED) is 0.596. The Kier molecular flexibility index (Phi) is 6.76. The van der Waals surface area contributed by atoms with Crippen molar-refractivity contribution in [2.45, 2.75) is 12.7 Å². The molecule has 0 saturated carbocycles. The van der Waals surface area contributed by atoms with Crippen LogP contribution in [0, 0.1) is 0 Å². The van der Waals surface area contributed by atoms with Crippen LogP contribution in [0.4, 0.5) is 19.0 Å². The average molecular weight is 445 g/mol. The lowest BCUT2D eigenvalue weighted by Gasteiger charge is -2.35. The van der Waals surface area contributed by atoms with E-state index in [2.05, 4.69) is 31.2 Å². The zero-order valence-electron chi connectivity index (χ0n) is 17.9. The molecule has 170 valence electrons. The van der Waals surface area contributed by atoms with Gasteiger partial charge in [-0.05, 0) is 24.3 Å². The maximum absolute atomic E-state index is 12.9. The molecule has 0 unspecified atom stereocenters. The third kappa shape index (κ3) is 5.28. The Bertz CT molecular complexity index is 1050. The van der Waals surface area contributed by atoms with Crippen LogP contribution in [-0.4, -0.2) is 66.1 Å². The lowest BCUT2D eigenvalue weighted by atomic mass is 10.1. The van der Waals surface area contributed by atoms with Crippen molar-refractivity contribution in [3.05, 3.63) is 59.9 Å². The number of nitrogens with one attached hydrogen (secondary N) is 1. The van der Waals surface area contributed by atoms with Crippen molar-refractivity contribution < 1.29 is 17.9 Å². The van der Waals surface area contributed by atoms with Crippen LogP contribution in [0.2, 0.25) is 0 Å². The van der Waals surface area contributed by atoms with Crippen LogP contribution in [0.3, 0.4) is 0 Å². The van der Waals surface area contributed by atoms with Gasteiger partial charge in [-0.15, -0.1) is 0 Å². The molecule has 9 heteroatoms. The molecule has 1 N–H and O–H groups in total. The van der Waals surface area contributed by atoms with Crippen LogP contribution in [0.15, 0.2) is 48.7 Å². The summed E-state index contributed by atoms with van der Waals surface area (Å²) in [6.45, 7) is 6.19. The van der Waals surface area contributed by atoms with Crippen molar-refractivity contribution in [1.29, 1.82) is 0 Å². The van der Waals surface area contributed by atoms with E-state index in [-0.39, 0.29) is 5.52 Å². The van der Waals surface area contributed by atoms with Gasteiger partial charge < -0.3 is 10.1 Å². The van der Waals surface area contributed by atoms with Gasteiger partial charge in [0.1, 0.15) is 17.3 Å². The van der Waals surface area contributed by atoms with E-state index in [9.17, 15) is 13.2 Å². The lowest BCUT2D eigenvalue weighted by Crippen LogP contribution is -2.47. The average Bonchev–Trinajstić information content (AvgIpc) is 2.80. The van der Waals surface area contributed by atoms with Crippen LogP contribution in [0.5, 0.6) is 5.75 Å². The van der Waals surface area contributed by atoms with E-state index in [0.717, 1.165) is 51.1 Å². The minimum absolute atomic E-state index is 0.280. The molecule has 0 bridgehead atoms. The number of halogens is 3. The molecule has 1 aliphatic rings. The Labute approximate surface area is 185 Å². The van der Waals surface area contributed by atoms with E-state index in [1.165, 1.54) is 23.9 Å². The molecule has 0 spiro atoms. The van der Waals surface area contributed by atoms with Crippen LogP contribution in [0.25, 0.3) is 10.9 Å². The molecule has 0 aliphatic carbocycles. The first-order valence-corrected chi connectivity index (χ1v) is 10.6. The Balaban J connectivity index is 1.28. The second-order valence-electron chi connectivity index (χ2n) is 7.78. The third-order valence-corrected chi connectivity index (χ3v) is 5.68. The number of alkyl halides is 3. The van der Waals surface area contributed by atoms with Gasteiger partial charge in [0.05, 0.1) is 12.6 Å². The van der Waals surface area contributed by atoms with Gasteiger partial charge in [0, 0.05) is 63.0 Å². The fraction of sp³-hybridized carbons (Fsp3) is 0.391. The number of methoxy groups -OCH3 is 1. The van der Waals surface area contributed by atoms with Crippen LogP contribution >= 0.6 is 0 Å². The zero-order valence-corrected chi connectivity index (χ0v) is 17.9. The van der Waals surface area contributed by atoms with Gasteiger partial charge in [-0.3, -0.25) is 9.80 Å². The zero-order chi connectivity index (χ0) is 22.6. The number of pyridine rings is 2. The summed E-state index contributed by atoms with van der Waals surface area (Å²) in [5, 5.41) is 3.84. The first-order valence-electron chi connectivity index (χ1n) is 10.6. The molecule has 3 heterocycles. The number of hydrogen-bond acceptors (Lipinski definition) is 6. The minimum atomic E-state index is -4.46. The predicted octanol–water partition coefficient (Wildman–Crippen LogP) is 3.89. The van der Waals surface area contributed by atoms with Crippen LogP contribution in [-0.2, 0) is 12.7 Å². The van der Waals surface area contributed by atoms with Crippen molar-refractivity contribution >= 4 is 16.7 Å². The molecule has 1 aliphatic heterocycles. The lowest BCUT2D eigenvalue weighted by molar-refractivity contribution is -0.140. The highest BCUT2D eigenvalue weighted by molar-refractivity contribution is 5.89. The number of fused-ring (bicyclic) bond motifs is 1. The fourth-order valence-corrected chi connectivity index (χ4v) is 3.93. The molecule has 0 radical (unpaired) electrons. The highest BCUT2D eigenvalue weighted by atomic mass is 19.4. The summed E-state index contributed by atoms with van der Waals surface area (Å²) >= 11 is 0. The number of rotatable bonds is 7. The first kappa shape index (κ1) is 22.3. The molecular weight excluding hydrogens is 419 g/mol. The maximum Gasteiger partial charge on any atom is 0.433 e. The molecule has 1 aromatic carbocycles. The molecule has 0 atom stereocenters. The standard InChI is InChI=1S/C23H26F3N5O/c1-32-20-5-3-2-4-17(20)16-31-14-12-30(13-15-31)11-10-28-22-18-6-7-21(23(24,25)26)29-19(18)8-9-27-22/h2-9H,10-16H2,1H3,(H,27,28). The van der Waals surface area contributed by atoms with Crippen molar-refractivity contribution in [3.63, 3.8) is 0 Å². The SMILES string of the molecule is COc1ccccc1CN1CCN(CCNc2nccc3nc(C(F)(F)F)ccc23)CC1. The second-order valence-corrected chi connectivity index (χ2v) is 7.78. The molecule has 1 saturated heterocycles. The van der Waals surface area contributed by atoms with E-state index >= 15 is 0 Å². The number of ether oxygens (including phenoxy) is 1. The number of anilines is 1. The Morgan fingerprint density at radius 3 is 2.50 bits per heavy atom. The van der Waals surface area contributed by atoms with Crippen molar-refractivity contribution in [2.24, 2.45) is 0 Å². The Morgan fingerprint density at radius 1 is 1.00 bits per heavy atom. The topological polar surface area (TPSA) is 53.5 Å². The number of aromatic nitrogens is 2. The maximum atomic E-state index is 12.9. The van der Waals surface area contributed by atoms with Gasteiger partial charge in [-0.1, -0.05) is 18.2 Å². The van der Waals surface area contributed by atoms with Gasteiger partial charge in [0.2, 0.25) is 0 Å².